The molecule has 0 saturated heterocycles. The highest BCUT2D eigenvalue weighted by atomic mass is 16.6. The zero-order valence-electron chi connectivity index (χ0n) is 12.7. The molecule has 1 aromatic rings. The van der Waals surface area contributed by atoms with E-state index < -0.39 is 16.4 Å². The molecule has 0 aromatic heterocycles. The van der Waals surface area contributed by atoms with E-state index in [4.69, 9.17) is 0 Å². The van der Waals surface area contributed by atoms with Crippen molar-refractivity contribution >= 4 is 17.4 Å². The molecule has 122 valence electrons. The molecule has 4 aliphatic rings. The van der Waals surface area contributed by atoms with E-state index >= 15 is 0 Å². The van der Waals surface area contributed by atoms with E-state index in [0.717, 1.165) is 24.7 Å². The molecule has 1 aromatic carbocycles. The number of anilines is 1. The molecule has 4 aliphatic carbocycles. The van der Waals surface area contributed by atoms with Gasteiger partial charge in [0, 0.05) is 24.8 Å². The summed E-state index contributed by atoms with van der Waals surface area (Å²) in [6.45, 7) is 0. The average Bonchev–Trinajstić information content (AvgIpc) is 2.84. The molecule has 0 aliphatic heterocycles. The monoisotopic (exact) mass is 318 g/mol. The van der Waals surface area contributed by atoms with Crippen LogP contribution in [0.3, 0.4) is 0 Å². The summed E-state index contributed by atoms with van der Waals surface area (Å²) in [5.74, 6) is 1.77. The summed E-state index contributed by atoms with van der Waals surface area (Å²) < 4.78 is 0. The minimum atomic E-state index is -0.662. The highest BCUT2D eigenvalue weighted by molar-refractivity contribution is 5.83. The molecule has 23 heavy (non-hydrogen) atoms. The van der Waals surface area contributed by atoms with Crippen LogP contribution in [0.15, 0.2) is 18.2 Å². The summed E-state index contributed by atoms with van der Waals surface area (Å²) in [5.41, 5.74) is -0.0211. The molecule has 7 nitrogen and oxygen atoms in total. The van der Waals surface area contributed by atoms with Gasteiger partial charge in [-0.2, -0.15) is 0 Å². The van der Waals surface area contributed by atoms with Crippen molar-refractivity contribution < 1.29 is 20.1 Å². The summed E-state index contributed by atoms with van der Waals surface area (Å²) in [6.07, 6.45) is 6.02. The van der Waals surface area contributed by atoms with Crippen molar-refractivity contribution in [1.82, 2.24) is 0 Å². The molecule has 5 rings (SSSR count). The maximum absolute atomic E-state index is 12.4. The second-order valence-electron chi connectivity index (χ2n) is 7.37. The lowest BCUT2D eigenvalue weighted by Crippen LogP contribution is -3.01. The van der Waals surface area contributed by atoms with Gasteiger partial charge in [-0.25, -0.2) is 4.79 Å². The van der Waals surface area contributed by atoms with E-state index in [0.29, 0.717) is 11.6 Å². The Morgan fingerprint density at radius 2 is 2.00 bits per heavy atom. The summed E-state index contributed by atoms with van der Waals surface area (Å²) in [5, 5.41) is 24.9. The van der Waals surface area contributed by atoms with Crippen LogP contribution in [0.4, 0.5) is 16.2 Å². The van der Waals surface area contributed by atoms with E-state index in [9.17, 15) is 20.0 Å². The molecule has 4 bridgehead atoms. The van der Waals surface area contributed by atoms with Gasteiger partial charge in [0.15, 0.2) is 5.75 Å². The Morgan fingerprint density at radius 1 is 1.30 bits per heavy atom. The minimum Gasteiger partial charge on any atom is -0.502 e. The number of carbonyl (C=O) groups is 1. The Balaban J connectivity index is 1.47. The number of nitrogens with zero attached hydrogens (tertiary/aromatic N) is 1. The number of nitrogens with two attached hydrogens (primary N) is 1. The second kappa shape index (κ2) is 4.92. The van der Waals surface area contributed by atoms with Gasteiger partial charge in [0.2, 0.25) is 0 Å². The molecule has 2 amide bonds. The van der Waals surface area contributed by atoms with Crippen molar-refractivity contribution in [2.24, 2.45) is 17.8 Å². The number of benzene rings is 1. The third kappa shape index (κ3) is 2.35. The number of nitro benzene ring substituents is 1. The van der Waals surface area contributed by atoms with Gasteiger partial charge in [-0.15, -0.1) is 0 Å². The van der Waals surface area contributed by atoms with Crippen LogP contribution in [0, 0.1) is 27.9 Å². The number of hydrogen-bond donors (Lipinski definition) is 3. The fourth-order valence-corrected chi connectivity index (χ4v) is 5.28. The molecule has 2 unspecified atom stereocenters. The van der Waals surface area contributed by atoms with Crippen LogP contribution < -0.4 is 10.6 Å². The van der Waals surface area contributed by atoms with Crippen molar-refractivity contribution in [2.45, 2.75) is 37.6 Å². The lowest BCUT2D eigenvalue weighted by molar-refractivity contribution is -0.642. The maximum Gasteiger partial charge on any atom is 0.418 e. The van der Waals surface area contributed by atoms with Crippen LogP contribution in [0.2, 0.25) is 0 Å². The maximum atomic E-state index is 12.4. The van der Waals surface area contributed by atoms with E-state index in [1.165, 1.54) is 37.5 Å². The number of urea groups is 1. The summed E-state index contributed by atoms with van der Waals surface area (Å²) in [4.78, 5) is 22.6. The standard InChI is InChI=1S/C16H19N3O4/c20-14-2-1-12(6-13(14)19(22)23)17-15(21)18-16-7-9-3-10(8-16)5-11(16)4-9/h1-2,6,9-11,20H,3-5,7-8H2,(H2,17,18,21)/p+1. The molecule has 2 atom stereocenters. The number of quaternary nitrogens is 1. The number of nitro groups is 1. The smallest absolute Gasteiger partial charge is 0.418 e. The quantitative estimate of drug-likeness (QED) is 0.449. The van der Waals surface area contributed by atoms with E-state index in [2.05, 4.69) is 5.32 Å². The summed E-state index contributed by atoms with van der Waals surface area (Å²) in [7, 11) is 0. The fraction of sp³-hybridized carbons (Fsp3) is 0.562. The number of phenolic OH excluding ortho intramolecular Hbond substituents is 1. The first-order chi connectivity index (χ1) is 10.9. The average molecular weight is 318 g/mol. The molecule has 0 heterocycles. The lowest BCUT2D eigenvalue weighted by atomic mass is 9.80. The number of carbonyl (C=O) groups excluding carboxylic acids is 1. The van der Waals surface area contributed by atoms with Gasteiger partial charge in [-0.05, 0) is 43.2 Å². The van der Waals surface area contributed by atoms with Crippen molar-refractivity contribution in [3.8, 4) is 5.75 Å². The van der Waals surface area contributed by atoms with E-state index in [1.807, 2.05) is 5.32 Å². The zero-order chi connectivity index (χ0) is 16.2. The molecule has 4 saturated carbocycles. The van der Waals surface area contributed by atoms with Crippen LogP contribution in [-0.2, 0) is 0 Å². The fourth-order valence-electron chi connectivity index (χ4n) is 5.28. The van der Waals surface area contributed by atoms with Crippen LogP contribution in [-0.4, -0.2) is 21.6 Å². The van der Waals surface area contributed by atoms with Gasteiger partial charge >= 0.3 is 11.7 Å². The number of nitrogens with one attached hydrogen (secondary N) is 1. The van der Waals surface area contributed by atoms with Crippen molar-refractivity contribution in [2.75, 3.05) is 5.32 Å². The first kappa shape index (κ1) is 14.4. The number of phenols is 1. The van der Waals surface area contributed by atoms with Crippen LogP contribution in [0.25, 0.3) is 0 Å². The molecule has 0 spiro atoms. The van der Waals surface area contributed by atoms with Gasteiger partial charge in [0.1, 0.15) is 5.54 Å². The zero-order valence-corrected chi connectivity index (χ0v) is 12.7. The first-order valence-electron chi connectivity index (χ1n) is 8.09. The first-order valence-corrected chi connectivity index (χ1v) is 8.09. The Morgan fingerprint density at radius 3 is 2.65 bits per heavy atom. The highest BCUT2D eigenvalue weighted by Gasteiger charge is 2.61. The Hall–Kier alpha value is -2.15. The molecule has 7 heteroatoms. The van der Waals surface area contributed by atoms with Crippen molar-refractivity contribution in [3.63, 3.8) is 0 Å². The lowest BCUT2D eigenvalue weighted by Gasteiger charge is -2.29. The topological polar surface area (TPSA) is 109 Å². The number of primary amides is 1. The van der Waals surface area contributed by atoms with Crippen molar-refractivity contribution in [3.05, 3.63) is 28.3 Å². The second-order valence-corrected chi connectivity index (χ2v) is 7.37. The minimum absolute atomic E-state index is 0.0422. The van der Waals surface area contributed by atoms with Gasteiger partial charge < -0.3 is 5.11 Å². The predicted molar refractivity (Wildman–Crippen MR) is 82.0 cm³/mol. The molecular formula is C16H20N3O4+. The number of rotatable bonds is 3. The van der Waals surface area contributed by atoms with Crippen LogP contribution >= 0.6 is 0 Å². The van der Waals surface area contributed by atoms with Crippen LogP contribution in [0.5, 0.6) is 5.75 Å². The number of amides is 2. The van der Waals surface area contributed by atoms with Gasteiger partial charge in [-0.1, -0.05) is 0 Å². The Kier molecular flexibility index (Phi) is 3.09. The predicted octanol–water partition coefficient (Wildman–Crippen LogP) is 1.97. The van der Waals surface area contributed by atoms with Gasteiger partial charge in [0.05, 0.1) is 10.6 Å². The molecule has 4 fully saturated rings. The third-order valence-electron chi connectivity index (χ3n) is 5.91. The van der Waals surface area contributed by atoms with E-state index in [1.54, 1.807) is 0 Å². The largest absolute Gasteiger partial charge is 0.502 e. The van der Waals surface area contributed by atoms with Gasteiger partial charge in [-0.3, -0.25) is 20.7 Å². The normalized spacial score (nSPS) is 33.8. The molecule has 0 radical (unpaired) electrons. The number of aromatic hydroxyl groups is 1. The third-order valence-corrected chi connectivity index (χ3v) is 5.91. The highest BCUT2D eigenvalue weighted by Crippen LogP contribution is 2.58. The van der Waals surface area contributed by atoms with Crippen LogP contribution in [0.1, 0.15) is 32.1 Å². The summed E-state index contributed by atoms with van der Waals surface area (Å²) >= 11 is 0. The van der Waals surface area contributed by atoms with Crippen molar-refractivity contribution in [1.29, 1.82) is 0 Å². The summed E-state index contributed by atoms with van der Waals surface area (Å²) in [6, 6.07) is 3.70. The Bertz CT molecular complexity index is 676. The van der Waals surface area contributed by atoms with E-state index in [-0.39, 0.29) is 11.6 Å². The molecule has 4 N–H and O–H groups in total. The van der Waals surface area contributed by atoms with Gasteiger partial charge in [0.25, 0.3) is 0 Å². The molecular weight excluding hydrogens is 298 g/mol. The number of hydrogen-bond acceptors (Lipinski definition) is 4. The SMILES string of the molecule is O=C(Nc1ccc(O)c([N+](=O)[O-])c1)[NH2+]C12CC3CC(CC1C3)C2. The Labute approximate surface area is 133 Å².